The number of hydrogen-bond donors (Lipinski definition) is 1. The molecule has 0 bridgehead atoms. The lowest BCUT2D eigenvalue weighted by molar-refractivity contribution is -0.116. The first-order chi connectivity index (χ1) is 14.9. The molecule has 1 heterocycles. The lowest BCUT2D eigenvalue weighted by Gasteiger charge is -2.20. The normalized spacial score (nSPS) is 13.1. The molecule has 31 heavy (non-hydrogen) atoms. The van der Waals surface area contributed by atoms with Gasteiger partial charge in [0.2, 0.25) is 5.91 Å². The van der Waals surface area contributed by atoms with Crippen molar-refractivity contribution in [2.24, 2.45) is 0 Å². The van der Waals surface area contributed by atoms with Crippen LogP contribution in [0.4, 0.5) is 5.69 Å². The number of ether oxygens (including phenoxy) is 3. The summed E-state index contributed by atoms with van der Waals surface area (Å²) in [5, 5.41) is 2.85. The Balaban J connectivity index is 1.71. The molecule has 2 aromatic carbocycles. The Morgan fingerprint density at radius 3 is 2.29 bits per heavy atom. The lowest BCUT2D eigenvalue weighted by atomic mass is 10.1. The van der Waals surface area contributed by atoms with E-state index in [9.17, 15) is 9.59 Å². The molecule has 7 nitrogen and oxygen atoms in total. The molecule has 0 aromatic heterocycles. The van der Waals surface area contributed by atoms with Crippen molar-refractivity contribution in [3.63, 3.8) is 0 Å². The number of benzene rings is 2. The van der Waals surface area contributed by atoms with Gasteiger partial charge in [-0.15, -0.1) is 0 Å². The molecule has 0 radical (unpaired) electrons. The van der Waals surface area contributed by atoms with E-state index in [1.54, 1.807) is 17.0 Å². The fraction of sp³-hybridized carbons (Fsp3) is 0.417. The van der Waals surface area contributed by atoms with Gasteiger partial charge in [-0.25, -0.2) is 0 Å². The zero-order valence-corrected chi connectivity index (χ0v) is 18.6. The Morgan fingerprint density at radius 1 is 0.968 bits per heavy atom. The minimum absolute atomic E-state index is 0.125. The van der Waals surface area contributed by atoms with Crippen LogP contribution in [0.3, 0.4) is 0 Å². The van der Waals surface area contributed by atoms with Gasteiger partial charge in [0, 0.05) is 19.2 Å². The van der Waals surface area contributed by atoms with Crippen LogP contribution in [0.2, 0.25) is 0 Å². The number of rotatable bonds is 8. The van der Waals surface area contributed by atoms with E-state index in [2.05, 4.69) is 5.32 Å². The van der Waals surface area contributed by atoms with Crippen molar-refractivity contribution in [1.82, 2.24) is 4.90 Å². The first-order valence-corrected chi connectivity index (χ1v) is 10.5. The summed E-state index contributed by atoms with van der Waals surface area (Å²) in [6.45, 7) is 5.72. The van der Waals surface area contributed by atoms with Gasteiger partial charge in [-0.2, -0.15) is 0 Å². The maximum absolute atomic E-state index is 13.0. The zero-order chi connectivity index (χ0) is 22.4. The first-order valence-electron chi connectivity index (χ1n) is 10.5. The number of methoxy groups -OCH3 is 2. The van der Waals surface area contributed by atoms with Crippen LogP contribution in [-0.4, -0.2) is 50.6 Å². The molecule has 0 aliphatic carbocycles. The number of aryl methyl sites for hydroxylation is 2. The average molecular weight is 427 g/mol. The molecule has 3 rings (SSSR count). The van der Waals surface area contributed by atoms with E-state index < -0.39 is 0 Å². The van der Waals surface area contributed by atoms with Gasteiger partial charge < -0.3 is 24.4 Å². The quantitative estimate of drug-likeness (QED) is 0.691. The minimum Gasteiger partial charge on any atom is -0.493 e. The van der Waals surface area contributed by atoms with E-state index in [0.717, 1.165) is 24.2 Å². The van der Waals surface area contributed by atoms with Crippen molar-refractivity contribution in [3.8, 4) is 17.2 Å². The van der Waals surface area contributed by atoms with Crippen molar-refractivity contribution >= 4 is 17.5 Å². The molecule has 2 aromatic rings. The molecule has 1 N–H and O–H groups in total. The van der Waals surface area contributed by atoms with Crippen LogP contribution in [0.5, 0.6) is 17.2 Å². The monoisotopic (exact) mass is 426 g/mol. The summed E-state index contributed by atoms with van der Waals surface area (Å²) < 4.78 is 16.4. The predicted molar refractivity (Wildman–Crippen MR) is 119 cm³/mol. The van der Waals surface area contributed by atoms with Crippen LogP contribution in [0.1, 0.15) is 40.7 Å². The number of hydrogen-bond acceptors (Lipinski definition) is 5. The summed E-state index contributed by atoms with van der Waals surface area (Å²) in [4.78, 5) is 27.4. The highest BCUT2D eigenvalue weighted by atomic mass is 16.5. The van der Waals surface area contributed by atoms with E-state index in [1.807, 2.05) is 32.0 Å². The lowest BCUT2D eigenvalue weighted by Crippen LogP contribution is -2.29. The van der Waals surface area contributed by atoms with Crippen molar-refractivity contribution in [1.29, 1.82) is 0 Å². The smallest absolute Gasteiger partial charge is 0.256 e. The Labute approximate surface area is 183 Å². The van der Waals surface area contributed by atoms with Gasteiger partial charge in [-0.05, 0) is 56.0 Å². The Kier molecular flexibility index (Phi) is 7.39. The van der Waals surface area contributed by atoms with Crippen LogP contribution in [0, 0.1) is 13.8 Å². The van der Waals surface area contributed by atoms with Gasteiger partial charge in [0.05, 0.1) is 38.5 Å². The van der Waals surface area contributed by atoms with E-state index in [4.69, 9.17) is 14.2 Å². The second-order valence-corrected chi connectivity index (χ2v) is 7.64. The third kappa shape index (κ3) is 5.48. The van der Waals surface area contributed by atoms with Gasteiger partial charge >= 0.3 is 0 Å². The number of likely N-dealkylation sites (tertiary alicyclic amines) is 1. The van der Waals surface area contributed by atoms with E-state index in [1.165, 1.54) is 19.8 Å². The highest BCUT2D eigenvalue weighted by Gasteiger charge is 2.25. The molecule has 0 spiro atoms. The molecule has 1 saturated heterocycles. The third-order valence-electron chi connectivity index (χ3n) is 5.50. The standard InChI is InChI=1S/C24H30N2O5/c1-16-7-8-18(13-17(16)2)31-12-9-23(27)25-20-15-22(30-4)21(29-3)14-19(20)24(28)26-10-5-6-11-26/h7-8,13-15H,5-6,9-12H2,1-4H3,(H,25,27). The summed E-state index contributed by atoms with van der Waals surface area (Å²) in [5.74, 6) is 1.25. The second-order valence-electron chi connectivity index (χ2n) is 7.64. The van der Waals surface area contributed by atoms with Gasteiger partial charge in [0.25, 0.3) is 5.91 Å². The first kappa shape index (κ1) is 22.5. The molecule has 0 saturated carbocycles. The molecule has 1 fully saturated rings. The van der Waals surface area contributed by atoms with Crippen molar-refractivity contribution in [3.05, 3.63) is 47.0 Å². The number of nitrogens with zero attached hydrogens (tertiary/aromatic N) is 1. The summed E-state index contributed by atoms with van der Waals surface area (Å²) in [5.41, 5.74) is 3.12. The number of amides is 2. The summed E-state index contributed by atoms with van der Waals surface area (Å²) in [6, 6.07) is 9.09. The summed E-state index contributed by atoms with van der Waals surface area (Å²) in [6.07, 6.45) is 2.12. The van der Waals surface area contributed by atoms with Crippen LogP contribution >= 0.6 is 0 Å². The van der Waals surface area contributed by atoms with Crippen molar-refractivity contribution in [2.75, 3.05) is 39.2 Å². The third-order valence-corrected chi connectivity index (χ3v) is 5.50. The zero-order valence-electron chi connectivity index (χ0n) is 18.6. The largest absolute Gasteiger partial charge is 0.493 e. The summed E-state index contributed by atoms with van der Waals surface area (Å²) in [7, 11) is 3.03. The second kappa shape index (κ2) is 10.2. The van der Waals surface area contributed by atoms with Gasteiger partial charge in [-0.1, -0.05) is 6.07 Å². The van der Waals surface area contributed by atoms with Crippen LogP contribution in [0.15, 0.2) is 30.3 Å². The number of carbonyl (C=O) groups excluding carboxylic acids is 2. The van der Waals surface area contributed by atoms with E-state index in [0.29, 0.717) is 35.8 Å². The Bertz CT molecular complexity index is 951. The Morgan fingerprint density at radius 2 is 1.65 bits per heavy atom. The van der Waals surface area contributed by atoms with Gasteiger partial charge in [0.1, 0.15) is 5.75 Å². The Hall–Kier alpha value is -3.22. The van der Waals surface area contributed by atoms with E-state index in [-0.39, 0.29) is 24.8 Å². The van der Waals surface area contributed by atoms with Crippen LogP contribution < -0.4 is 19.5 Å². The molecule has 0 unspecified atom stereocenters. The topological polar surface area (TPSA) is 77.1 Å². The fourth-order valence-electron chi connectivity index (χ4n) is 3.53. The molecule has 2 amide bonds. The SMILES string of the molecule is COc1cc(NC(=O)CCOc2ccc(C)c(C)c2)c(C(=O)N2CCCC2)cc1OC. The molecule has 166 valence electrons. The molecule has 7 heteroatoms. The molecule has 1 aliphatic heterocycles. The van der Waals surface area contributed by atoms with Gasteiger partial charge in [0.15, 0.2) is 11.5 Å². The molecule has 0 atom stereocenters. The minimum atomic E-state index is -0.244. The number of anilines is 1. The number of nitrogens with one attached hydrogen (secondary N) is 1. The van der Waals surface area contributed by atoms with Crippen molar-refractivity contribution in [2.45, 2.75) is 33.1 Å². The molecular formula is C24H30N2O5. The maximum Gasteiger partial charge on any atom is 0.256 e. The maximum atomic E-state index is 13.0. The number of carbonyl (C=O) groups is 2. The summed E-state index contributed by atoms with van der Waals surface area (Å²) >= 11 is 0. The fourth-order valence-corrected chi connectivity index (χ4v) is 3.53. The van der Waals surface area contributed by atoms with Crippen LogP contribution in [-0.2, 0) is 4.79 Å². The van der Waals surface area contributed by atoms with E-state index >= 15 is 0 Å². The average Bonchev–Trinajstić information content (AvgIpc) is 3.30. The molecule has 1 aliphatic rings. The molecular weight excluding hydrogens is 396 g/mol. The van der Waals surface area contributed by atoms with Crippen LogP contribution in [0.25, 0.3) is 0 Å². The van der Waals surface area contributed by atoms with Gasteiger partial charge in [-0.3, -0.25) is 9.59 Å². The predicted octanol–water partition coefficient (Wildman–Crippen LogP) is 3.96. The van der Waals surface area contributed by atoms with Crippen molar-refractivity contribution < 1.29 is 23.8 Å². The highest BCUT2D eigenvalue weighted by Crippen LogP contribution is 2.34. The highest BCUT2D eigenvalue weighted by molar-refractivity contribution is 6.04.